The van der Waals surface area contributed by atoms with Crippen molar-refractivity contribution in [3.05, 3.63) is 0 Å². The van der Waals surface area contributed by atoms with Crippen molar-refractivity contribution in [3.63, 3.8) is 0 Å². The van der Waals surface area contributed by atoms with Crippen LogP contribution >= 0.6 is 11.8 Å². The van der Waals surface area contributed by atoms with E-state index in [2.05, 4.69) is 5.32 Å². The topological polar surface area (TPSA) is 58.4 Å². The molecule has 82 valence electrons. The first-order chi connectivity index (χ1) is 6.75. The lowest BCUT2D eigenvalue weighted by molar-refractivity contribution is -0.133. The second-order valence-electron chi connectivity index (χ2n) is 3.46. The van der Waals surface area contributed by atoms with E-state index in [1.807, 2.05) is 11.2 Å². The van der Waals surface area contributed by atoms with Crippen LogP contribution in [0, 0.1) is 0 Å². The summed E-state index contributed by atoms with van der Waals surface area (Å²) >= 11 is 1.73. The van der Waals surface area contributed by atoms with E-state index in [0.717, 1.165) is 38.4 Å². The lowest BCUT2D eigenvalue weighted by Crippen LogP contribution is -2.52. The molecule has 0 aromatic rings. The van der Waals surface area contributed by atoms with Crippen LogP contribution in [0.1, 0.15) is 6.42 Å². The van der Waals surface area contributed by atoms with Gasteiger partial charge in [0.2, 0.25) is 5.91 Å². The van der Waals surface area contributed by atoms with E-state index < -0.39 is 0 Å². The Morgan fingerprint density at radius 1 is 1.57 bits per heavy atom. The molecule has 3 N–H and O–H groups in total. The summed E-state index contributed by atoms with van der Waals surface area (Å²) in [6.45, 7) is 3.37. The Labute approximate surface area is 89.6 Å². The van der Waals surface area contributed by atoms with Crippen LogP contribution in [-0.4, -0.2) is 55.0 Å². The van der Waals surface area contributed by atoms with Crippen molar-refractivity contribution >= 4 is 17.7 Å². The van der Waals surface area contributed by atoms with E-state index >= 15 is 0 Å². The standard InChI is InChI=1S/C9H19N3OS/c1-14-7-2-8(10)9(13)12-5-3-11-4-6-12/h8,11H,2-7,10H2,1H3/t8-/m1/s1. The molecule has 0 unspecified atom stereocenters. The fraction of sp³-hybridized carbons (Fsp3) is 0.889. The van der Waals surface area contributed by atoms with Crippen molar-refractivity contribution in [2.45, 2.75) is 12.5 Å². The summed E-state index contributed by atoms with van der Waals surface area (Å²) in [6.07, 6.45) is 2.81. The van der Waals surface area contributed by atoms with Gasteiger partial charge in [-0.1, -0.05) is 0 Å². The highest BCUT2D eigenvalue weighted by Gasteiger charge is 2.21. The third-order valence-corrected chi connectivity index (χ3v) is 3.02. The van der Waals surface area contributed by atoms with Gasteiger partial charge in [-0.2, -0.15) is 11.8 Å². The van der Waals surface area contributed by atoms with Crippen molar-refractivity contribution in [1.29, 1.82) is 0 Å². The lowest BCUT2D eigenvalue weighted by atomic mass is 10.2. The third kappa shape index (κ3) is 3.48. The van der Waals surface area contributed by atoms with Gasteiger partial charge in [-0.05, 0) is 18.4 Å². The number of rotatable bonds is 4. The number of carbonyl (C=O) groups is 1. The number of amides is 1. The molecule has 1 atom stereocenters. The number of nitrogens with one attached hydrogen (secondary N) is 1. The largest absolute Gasteiger partial charge is 0.339 e. The zero-order chi connectivity index (χ0) is 10.4. The van der Waals surface area contributed by atoms with Gasteiger partial charge in [0.1, 0.15) is 0 Å². The highest BCUT2D eigenvalue weighted by Crippen LogP contribution is 2.03. The molecule has 1 aliphatic heterocycles. The first-order valence-electron chi connectivity index (χ1n) is 4.99. The maximum Gasteiger partial charge on any atom is 0.239 e. The zero-order valence-corrected chi connectivity index (χ0v) is 9.48. The average Bonchev–Trinajstić information content (AvgIpc) is 2.26. The molecule has 1 fully saturated rings. The molecule has 0 aliphatic carbocycles. The summed E-state index contributed by atoms with van der Waals surface area (Å²) in [5, 5.41) is 3.21. The summed E-state index contributed by atoms with van der Waals surface area (Å²) < 4.78 is 0. The normalized spacial score (nSPS) is 19.4. The Morgan fingerprint density at radius 2 is 2.21 bits per heavy atom. The summed E-state index contributed by atoms with van der Waals surface area (Å²) in [6, 6.07) is -0.305. The Balaban J connectivity index is 2.30. The van der Waals surface area contributed by atoms with E-state index in [0.29, 0.717) is 0 Å². The molecule has 0 saturated carbocycles. The molecule has 1 heterocycles. The van der Waals surface area contributed by atoms with Crippen LogP contribution in [0.2, 0.25) is 0 Å². The molecule has 0 aromatic heterocycles. The Morgan fingerprint density at radius 3 is 2.79 bits per heavy atom. The van der Waals surface area contributed by atoms with Crippen molar-refractivity contribution in [2.75, 3.05) is 38.2 Å². The third-order valence-electron chi connectivity index (χ3n) is 2.38. The molecule has 0 aromatic carbocycles. The van der Waals surface area contributed by atoms with Crippen molar-refractivity contribution in [1.82, 2.24) is 10.2 Å². The molecule has 1 amide bonds. The number of piperazine rings is 1. The van der Waals surface area contributed by atoms with Crippen molar-refractivity contribution in [3.8, 4) is 0 Å². The fourth-order valence-corrected chi connectivity index (χ4v) is 1.98. The molecule has 0 radical (unpaired) electrons. The SMILES string of the molecule is CSCC[C@@H](N)C(=O)N1CCNCC1. The molecule has 1 aliphatic rings. The summed E-state index contributed by atoms with van der Waals surface area (Å²) in [5.41, 5.74) is 5.81. The van der Waals surface area contributed by atoms with Crippen molar-refractivity contribution in [2.24, 2.45) is 5.73 Å². The number of hydrogen-bond donors (Lipinski definition) is 2. The highest BCUT2D eigenvalue weighted by atomic mass is 32.2. The highest BCUT2D eigenvalue weighted by molar-refractivity contribution is 7.98. The maximum atomic E-state index is 11.8. The van der Waals surface area contributed by atoms with Gasteiger partial charge in [0.15, 0.2) is 0 Å². The van der Waals surface area contributed by atoms with Gasteiger partial charge < -0.3 is 16.0 Å². The molecule has 4 nitrogen and oxygen atoms in total. The minimum atomic E-state index is -0.305. The predicted molar refractivity (Wildman–Crippen MR) is 60.4 cm³/mol. The number of hydrogen-bond acceptors (Lipinski definition) is 4. The van der Waals surface area contributed by atoms with E-state index in [1.54, 1.807) is 11.8 Å². The van der Waals surface area contributed by atoms with Gasteiger partial charge in [-0.25, -0.2) is 0 Å². The smallest absolute Gasteiger partial charge is 0.239 e. The molecule has 5 heteroatoms. The number of thioether (sulfide) groups is 1. The van der Waals surface area contributed by atoms with E-state index in [4.69, 9.17) is 5.73 Å². The monoisotopic (exact) mass is 217 g/mol. The molecule has 1 rings (SSSR count). The lowest BCUT2D eigenvalue weighted by Gasteiger charge is -2.29. The molecule has 0 spiro atoms. The molecular weight excluding hydrogens is 198 g/mol. The predicted octanol–water partition coefficient (Wildman–Crippen LogP) is -0.501. The molecule has 0 bridgehead atoms. The minimum absolute atomic E-state index is 0.112. The van der Waals surface area contributed by atoms with Crippen LogP contribution in [0.3, 0.4) is 0 Å². The van der Waals surface area contributed by atoms with Gasteiger partial charge in [-0.3, -0.25) is 4.79 Å². The van der Waals surface area contributed by atoms with Crippen LogP contribution < -0.4 is 11.1 Å². The van der Waals surface area contributed by atoms with Crippen LogP contribution in [0.4, 0.5) is 0 Å². The van der Waals surface area contributed by atoms with Crippen LogP contribution in [0.5, 0.6) is 0 Å². The van der Waals surface area contributed by atoms with Gasteiger partial charge in [0.25, 0.3) is 0 Å². The maximum absolute atomic E-state index is 11.8. The van der Waals surface area contributed by atoms with E-state index in [-0.39, 0.29) is 11.9 Å². The van der Waals surface area contributed by atoms with Gasteiger partial charge in [0, 0.05) is 26.2 Å². The average molecular weight is 217 g/mol. The quantitative estimate of drug-likeness (QED) is 0.666. The summed E-state index contributed by atoms with van der Waals surface area (Å²) in [7, 11) is 0. The number of nitrogens with two attached hydrogens (primary N) is 1. The van der Waals surface area contributed by atoms with Crippen LogP contribution in [0.25, 0.3) is 0 Å². The Kier molecular flexibility index (Phi) is 5.29. The molecule has 1 saturated heterocycles. The van der Waals surface area contributed by atoms with Gasteiger partial charge in [-0.15, -0.1) is 0 Å². The first-order valence-corrected chi connectivity index (χ1v) is 6.39. The zero-order valence-electron chi connectivity index (χ0n) is 8.66. The van der Waals surface area contributed by atoms with Crippen LogP contribution in [-0.2, 0) is 4.79 Å². The summed E-state index contributed by atoms with van der Waals surface area (Å²) in [5.74, 6) is 1.07. The second kappa shape index (κ2) is 6.27. The van der Waals surface area contributed by atoms with Crippen molar-refractivity contribution < 1.29 is 4.79 Å². The van der Waals surface area contributed by atoms with Crippen LogP contribution in [0.15, 0.2) is 0 Å². The molecule has 14 heavy (non-hydrogen) atoms. The van der Waals surface area contributed by atoms with Gasteiger partial charge >= 0.3 is 0 Å². The molecular formula is C9H19N3OS. The van der Waals surface area contributed by atoms with E-state index in [1.165, 1.54) is 0 Å². The number of nitrogens with zero attached hydrogens (tertiary/aromatic N) is 1. The van der Waals surface area contributed by atoms with E-state index in [9.17, 15) is 4.79 Å². The Bertz CT molecular complexity index is 183. The fourth-order valence-electron chi connectivity index (χ4n) is 1.49. The summed E-state index contributed by atoms with van der Waals surface area (Å²) in [4.78, 5) is 13.6. The minimum Gasteiger partial charge on any atom is -0.339 e. The second-order valence-corrected chi connectivity index (χ2v) is 4.45. The number of carbonyl (C=O) groups excluding carboxylic acids is 1. The first kappa shape index (κ1) is 11.8. The van der Waals surface area contributed by atoms with Gasteiger partial charge in [0.05, 0.1) is 6.04 Å². The Hall–Kier alpha value is -0.260.